The predicted octanol–water partition coefficient (Wildman–Crippen LogP) is 1.33. The number of rotatable bonds is 4. The van der Waals surface area contributed by atoms with Crippen LogP contribution >= 0.6 is 0 Å². The molecule has 1 aromatic carbocycles. The third-order valence-corrected chi connectivity index (χ3v) is 6.53. The molecular formula is C23H30N6O3. The maximum absolute atomic E-state index is 13.5. The topological polar surface area (TPSA) is 77.5 Å². The molecule has 32 heavy (non-hydrogen) atoms. The van der Waals surface area contributed by atoms with Gasteiger partial charge in [0.15, 0.2) is 11.2 Å². The van der Waals surface area contributed by atoms with Gasteiger partial charge in [-0.05, 0) is 25.0 Å². The second-order valence-corrected chi connectivity index (χ2v) is 9.00. The van der Waals surface area contributed by atoms with Gasteiger partial charge in [-0.2, -0.15) is 4.98 Å². The number of hydrogen-bond acceptors (Lipinski definition) is 6. The fourth-order valence-electron chi connectivity index (χ4n) is 4.71. The zero-order valence-electron chi connectivity index (χ0n) is 19.0. The smallest absolute Gasteiger partial charge is 0.332 e. The van der Waals surface area contributed by atoms with E-state index in [0.29, 0.717) is 49.9 Å². The molecule has 3 aromatic rings. The predicted molar refractivity (Wildman–Crippen MR) is 124 cm³/mol. The summed E-state index contributed by atoms with van der Waals surface area (Å²) in [6.45, 7) is 9.78. The summed E-state index contributed by atoms with van der Waals surface area (Å²) in [6, 6.07) is 8.32. The number of imidazole rings is 1. The zero-order valence-corrected chi connectivity index (χ0v) is 19.0. The largest absolute Gasteiger partial charge is 0.379 e. The van der Waals surface area contributed by atoms with Crippen LogP contribution in [0.15, 0.2) is 33.9 Å². The lowest BCUT2D eigenvalue weighted by Gasteiger charge is -2.33. The zero-order chi connectivity index (χ0) is 22.4. The summed E-state index contributed by atoms with van der Waals surface area (Å²) in [6.07, 6.45) is 0. The van der Waals surface area contributed by atoms with Crippen molar-refractivity contribution in [3.8, 4) is 0 Å². The van der Waals surface area contributed by atoms with E-state index in [-0.39, 0.29) is 11.2 Å². The summed E-state index contributed by atoms with van der Waals surface area (Å²) in [5, 5.41) is 0. The molecule has 170 valence electrons. The van der Waals surface area contributed by atoms with Gasteiger partial charge >= 0.3 is 5.69 Å². The molecule has 0 saturated carbocycles. The molecule has 9 heteroatoms. The Morgan fingerprint density at radius 1 is 1.06 bits per heavy atom. The van der Waals surface area contributed by atoms with Crippen LogP contribution in [0.2, 0.25) is 0 Å². The Morgan fingerprint density at radius 2 is 1.78 bits per heavy atom. The Balaban J connectivity index is 1.60. The Bertz CT molecular complexity index is 1250. The second kappa shape index (κ2) is 8.22. The van der Waals surface area contributed by atoms with Crippen LogP contribution in [0.3, 0.4) is 0 Å². The molecule has 0 radical (unpaired) electrons. The highest BCUT2D eigenvalue weighted by atomic mass is 16.5. The summed E-state index contributed by atoms with van der Waals surface area (Å²) >= 11 is 0. The van der Waals surface area contributed by atoms with Crippen LogP contribution in [-0.4, -0.2) is 63.0 Å². The van der Waals surface area contributed by atoms with Gasteiger partial charge in [-0.3, -0.25) is 18.8 Å². The van der Waals surface area contributed by atoms with Crippen molar-refractivity contribution in [3.05, 3.63) is 50.7 Å². The van der Waals surface area contributed by atoms with Crippen molar-refractivity contribution in [2.45, 2.75) is 26.9 Å². The number of benzene rings is 1. The summed E-state index contributed by atoms with van der Waals surface area (Å²) in [7, 11) is 1.70. The minimum atomic E-state index is -0.318. The number of fused-ring (bicyclic) bond motifs is 3. The van der Waals surface area contributed by atoms with Crippen molar-refractivity contribution in [2.24, 2.45) is 13.0 Å². The molecule has 0 spiro atoms. The number of aryl methyl sites for hydroxylation is 2. The lowest BCUT2D eigenvalue weighted by Crippen LogP contribution is -2.44. The molecule has 4 heterocycles. The molecule has 2 aliphatic rings. The summed E-state index contributed by atoms with van der Waals surface area (Å²) in [4.78, 5) is 35.8. The van der Waals surface area contributed by atoms with E-state index in [0.717, 1.165) is 31.3 Å². The average Bonchev–Trinajstić information content (AvgIpc) is 3.18. The highest BCUT2D eigenvalue weighted by Crippen LogP contribution is 2.32. The Kier molecular flexibility index (Phi) is 5.38. The molecule has 0 aliphatic carbocycles. The van der Waals surface area contributed by atoms with Crippen LogP contribution in [0.25, 0.3) is 11.2 Å². The first-order chi connectivity index (χ1) is 15.4. The molecule has 0 amide bonds. The van der Waals surface area contributed by atoms with Crippen LogP contribution in [0.4, 0.5) is 11.6 Å². The maximum Gasteiger partial charge on any atom is 0.332 e. The lowest BCUT2D eigenvalue weighted by molar-refractivity contribution is 0.0361. The average molecular weight is 439 g/mol. The van der Waals surface area contributed by atoms with E-state index in [1.54, 1.807) is 7.05 Å². The van der Waals surface area contributed by atoms with E-state index in [9.17, 15) is 9.59 Å². The highest BCUT2D eigenvalue weighted by molar-refractivity contribution is 5.77. The lowest BCUT2D eigenvalue weighted by atomic mass is 10.1. The van der Waals surface area contributed by atoms with Gasteiger partial charge in [0.2, 0.25) is 5.95 Å². The Labute approximate surface area is 186 Å². The minimum Gasteiger partial charge on any atom is -0.379 e. The van der Waals surface area contributed by atoms with Crippen LogP contribution in [0.1, 0.15) is 12.5 Å². The summed E-state index contributed by atoms with van der Waals surface area (Å²) in [5.41, 5.74) is 2.61. The van der Waals surface area contributed by atoms with Crippen LogP contribution < -0.4 is 16.1 Å². The fourth-order valence-corrected chi connectivity index (χ4v) is 4.71. The van der Waals surface area contributed by atoms with E-state index < -0.39 is 0 Å². The number of morpholine rings is 1. The van der Waals surface area contributed by atoms with Gasteiger partial charge in [-0.25, -0.2) is 4.79 Å². The molecule has 2 aromatic heterocycles. The summed E-state index contributed by atoms with van der Waals surface area (Å²) < 4.78 is 10.3. The SMILES string of the molecule is Cc1ccc(N2C[C@H](C)Cn3c2nc2c3c(=O)n(CCN3CCOCC3)c(=O)n2C)cc1. The van der Waals surface area contributed by atoms with E-state index >= 15 is 0 Å². The van der Waals surface area contributed by atoms with E-state index in [4.69, 9.17) is 9.72 Å². The molecule has 2 aliphatic heterocycles. The van der Waals surface area contributed by atoms with Crippen LogP contribution in [-0.2, 0) is 24.9 Å². The first-order valence-electron chi connectivity index (χ1n) is 11.3. The van der Waals surface area contributed by atoms with E-state index in [1.807, 2.05) is 4.57 Å². The monoisotopic (exact) mass is 438 g/mol. The van der Waals surface area contributed by atoms with Crippen molar-refractivity contribution in [1.82, 2.24) is 23.6 Å². The molecule has 0 unspecified atom stereocenters. The van der Waals surface area contributed by atoms with Gasteiger partial charge in [0.25, 0.3) is 5.56 Å². The molecular weight excluding hydrogens is 408 g/mol. The minimum absolute atomic E-state index is 0.256. The van der Waals surface area contributed by atoms with Crippen molar-refractivity contribution >= 4 is 22.8 Å². The molecule has 0 N–H and O–H groups in total. The highest BCUT2D eigenvalue weighted by Gasteiger charge is 2.29. The second-order valence-electron chi connectivity index (χ2n) is 9.00. The Hall–Kier alpha value is -2.91. The van der Waals surface area contributed by atoms with E-state index in [1.165, 1.54) is 14.7 Å². The summed E-state index contributed by atoms with van der Waals surface area (Å²) in [5.74, 6) is 1.06. The van der Waals surface area contributed by atoms with Gasteiger partial charge in [-0.1, -0.05) is 24.6 Å². The van der Waals surface area contributed by atoms with E-state index in [2.05, 4.69) is 47.9 Å². The number of aromatic nitrogens is 4. The molecule has 5 rings (SSSR count). The van der Waals surface area contributed by atoms with Crippen LogP contribution in [0.5, 0.6) is 0 Å². The number of anilines is 2. The molecule has 1 fully saturated rings. The van der Waals surface area contributed by atoms with Crippen molar-refractivity contribution in [3.63, 3.8) is 0 Å². The Morgan fingerprint density at radius 3 is 2.50 bits per heavy atom. The first kappa shape index (κ1) is 21.0. The van der Waals surface area contributed by atoms with Crippen molar-refractivity contribution in [2.75, 3.05) is 44.3 Å². The third-order valence-electron chi connectivity index (χ3n) is 6.53. The number of hydrogen-bond donors (Lipinski definition) is 0. The van der Waals surface area contributed by atoms with Gasteiger partial charge < -0.3 is 14.2 Å². The van der Waals surface area contributed by atoms with Crippen LogP contribution in [0, 0.1) is 12.8 Å². The van der Waals surface area contributed by atoms with Gasteiger partial charge in [-0.15, -0.1) is 0 Å². The van der Waals surface area contributed by atoms with Gasteiger partial charge in [0.05, 0.1) is 13.2 Å². The van der Waals surface area contributed by atoms with Crippen molar-refractivity contribution in [1.29, 1.82) is 0 Å². The molecule has 1 atom stereocenters. The third kappa shape index (κ3) is 3.55. The fraction of sp³-hybridized carbons (Fsp3) is 0.522. The quantitative estimate of drug-likeness (QED) is 0.612. The standard InChI is InChI=1S/C23H30N6O3/c1-16-4-6-18(7-5-16)28-14-17(2)15-29-19-20(24-22(28)29)25(3)23(31)27(21(19)30)9-8-26-10-12-32-13-11-26/h4-7,17H,8-15H2,1-3H3/t17-/m0/s1. The van der Waals surface area contributed by atoms with Gasteiger partial charge in [0.1, 0.15) is 0 Å². The number of nitrogens with zero attached hydrogens (tertiary/aromatic N) is 6. The molecule has 9 nitrogen and oxygen atoms in total. The molecule has 1 saturated heterocycles. The van der Waals surface area contributed by atoms with Crippen molar-refractivity contribution < 1.29 is 4.74 Å². The van der Waals surface area contributed by atoms with Gasteiger partial charge in [0, 0.05) is 52.0 Å². The normalized spacial score (nSPS) is 19.5. The first-order valence-corrected chi connectivity index (χ1v) is 11.3. The number of ether oxygens (including phenoxy) is 1. The maximum atomic E-state index is 13.5. The molecule has 0 bridgehead atoms.